The summed E-state index contributed by atoms with van der Waals surface area (Å²) >= 11 is 7.02. The maximum atomic E-state index is 11.2. The fraction of sp³-hybridized carbons (Fsp3) is 0. The van der Waals surface area contributed by atoms with Crippen LogP contribution in [0.4, 0.5) is 5.69 Å². The minimum Gasteiger partial charge on any atom is -0.259 e. The fourth-order valence-electron chi connectivity index (χ4n) is 1.64. The lowest BCUT2D eigenvalue weighted by atomic mass is 10.2. The van der Waals surface area contributed by atoms with Crippen molar-refractivity contribution in [1.82, 2.24) is 0 Å². The number of hydrogen-bond acceptors (Lipinski definition) is 5. The van der Waals surface area contributed by atoms with E-state index in [0.717, 1.165) is 11.1 Å². The lowest BCUT2D eigenvalue weighted by Gasteiger charge is -2.04. The van der Waals surface area contributed by atoms with Crippen molar-refractivity contribution in [1.29, 1.82) is 0 Å². The smallest absolute Gasteiger partial charge is 0.259 e. The maximum Gasteiger partial charge on any atom is 0.283 e. The van der Waals surface area contributed by atoms with E-state index in [4.69, 9.17) is 11.6 Å². The van der Waals surface area contributed by atoms with Crippen LogP contribution in [0.2, 0.25) is 5.02 Å². The fourth-order valence-corrected chi connectivity index (χ4v) is 2.67. The average Bonchev–Trinajstić information content (AvgIpc) is 2.48. The minimum absolute atomic E-state index is 0.106. The number of nitrogens with zero attached hydrogens (tertiary/aromatic N) is 2. The van der Waals surface area contributed by atoms with Gasteiger partial charge in [0.05, 0.1) is 14.7 Å². The Morgan fingerprint density at radius 1 is 1.05 bits per heavy atom. The number of benzene rings is 2. The normalized spacial score (nSPS) is 10.8. The Kier molecular flexibility index (Phi) is 5.13. The van der Waals surface area contributed by atoms with Gasteiger partial charge in [0.25, 0.3) is 5.69 Å². The maximum absolute atomic E-state index is 11.2. The molecule has 0 fully saturated rings. The summed E-state index contributed by atoms with van der Waals surface area (Å²) in [6.45, 7) is 0. The monoisotopic (exact) mass is 336 g/mol. The summed E-state index contributed by atoms with van der Waals surface area (Å²) in [6, 6.07) is 11.4. The van der Waals surface area contributed by atoms with Gasteiger partial charge in [0.15, 0.2) is 0 Å². The van der Waals surface area contributed by atoms with Crippen molar-refractivity contribution >= 4 is 35.1 Å². The van der Waals surface area contributed by atoms with E-state index in [1.54, 1.807) is 36.4 Å². The van der Waals surface area contributed by atoms with E-state index in [2.05, 4.69) is 0 Å². The zero-order valence-electron chi connectivity index (χ0n) is 11.0. The summed E-state index contributed by atoms with van der Waals surface area (Å²) in [4.78, 5) is 21.6. The molecule has 2 aromatic rings. The van der Waals surface area contributed by atoms with E-state index >= 15 is 0 Å². The molecule has 22 heavy (non-hydrogen) atoms. The highest BCUT2D eigenvalue weighted by molar-refractivity contribution is 7.99. The molecule has 0 aliphatic rings. The molecule has 0 saturated carbocycles. The summed E-state index contributed by atoms with van der Waals surface area (Å²) in [6.07, 6.45) is 1.95. The molecule has 0 unspecified atom stereocenters. The van der Waals surface area contributed by atoms with Crippen LogP contribution in [0.5, 0.6) is 0 Å². The SMILES string of the molecule is O=[N+]([O-])C=Cc1ccc(Sc2ccc(Cl)cc2)c([N+](=O)[O-])c1. The van der Waals surface area contributed by atoms with Crippen LogP contribution >= 0.6 is 23.4 Å². The summed E-state index contributed by atoms with van der Waals surface area (Å²) in [5.41, 5.74) is 0.286. The molecule has 0 saturated heterocycles. The second-order valence-electron chi connectivity index (χ2n) is 4.14. The second-order valence-corrected chi connectivity index (χ2v) is 5.69. The Morgan fingerprint density at radius 2 is 1.73 bits per heavy atom. The van der Waals surface area contributed by atoms with E-state index in [0.29, 0.717) is 15.5 Å². The van der Waals surface area contributed by atoms with Gasteiger partial charge in [-0.2, -0.15) is 0 Å². The first-order valence-corrected chi connectivity index (χ1v) is 7.19. The number of rotatable bonds is 5. The van der Waals surface area contributed by atoms with Gasteiger partial charge in [-0.05, 0) is 35.9 Å². The third kappa shape index (κ3) is 4.31. The van der Waals surface area contributed by atoms with Crippen LogP contribution in [0.15, 0.2) is 58.5 Å². The second kappa shape index (κ2) is 7.06. The number of nitro benzene ring substituents is 1. The molecule has 0 N–H and O–H groups in total. The predicted molar refractivity (Wildman–Crippen MR) is 84.7 cm³/mol. The van der Waals surface area contributed by atoms with Gasteiger partial charge >= 0.3 is 0 Å². The van der Waals surface area contributed by atoms with Crippen LogP contribution in [0.25, 0.3) is 6.08 Å². The van der Waals surface area contributed by atoms with Crippen molar-refractivity contribution in [2.45, 2.75) is 9.79 Å². The quantitative estimate of drug-likeness (QED) is 0.586. The molecule has 2 aromatic carbocycles. The average molecular weight is 337 g/mol. The predicted octanol–water partition coefficient (Wildman–Crippen LogP) is 4.65. The highest BCUT2D eigenvalue weighted by Gasteiger charge is 2.15. The molecule has 0 amide bonds. The van der Waals surface area contributed by atoms with Gasteiger partial charge in [-0.3, -0.25) is 20.2 Å². The Labute approximate surface area is 134 Å². The zero-order valence-corrected chi connectivity index (χ0v) is 12.6. The van der Waals surface area contributed by atoms with Gasteiger partial charge < -0.3 is 0 Å². The first-order valence-electron chi connectivity index (χ1n) is 5.99. The van der Waals surface area contributed by atoms with Gasteiger partial charge in [0.2, 0.25) is 6.20 Å². The molecule has 0 spiro atoms. The summed E-state index contributed by atoms with van der Waals surface area (Å²) in [5.74, 6) is 0. The lowest BCUT2D eigenvalue weighted by molar-refractivity contribution is -0.401. The van der Waals surface area contributed by atoms with Crippen molar-refractivity contribution in [3.63, 3.8) is 0 Å². The molecule has 0 radical (unpaired) electrons. The topological polar surface area (TPSA) is 86.3 Å². The van der Waals surface area contributed by atoms with E-state index in [1.165, 1.54) is 23.9 Å². The molecule has 0 atom stereocenters. The summed E-state index contributed by atoms with van der Waals surface area (Å²) < 4.78 is 0. The van der Waals surface area contributed by atoms with Crippen LogP contribution in [-0.2, 0) is 0 Å². The number of hydrogen-bond donors (Lipinski definition) is 0. The zero-order chi connectivity index (χ0) is 16.1. The van der Waals surface area contributed by atoms with Crippen molar-refractivity contribution in [3.05, 3.63) is 79.5 Å². The van der Waals surface area contributed by atoms with Gasteiger partial charge in [0.1, 0.15) is 0 Å². The third-order valence-corrected chi connectivity index (χ3v) is 3.93. The molecule has 0 aliphatic heterocycles. The Balaban J connectivity index is 2.32. The van der Waals surface area contributed by atoms with Gasteiger partial charge in [0, 0.05) is 22.1 Å². The lowest BCUT2D eigenvalue weighted by Crippen LogP contribution is -1.92. The molecule has 6 nitrogen and oxygen atoms in total. The van der Waals surface area contributed by atoms with Crippen LogP contribution in [0.1, 0.15) is 5.56 Å². The Hall–Kier alpha value is -2.38. The van der Waals surface area contributed by atoms with Crippen LogP contribution < -0.4 is 0 Å². The van der Waals surface area contributed by atoms with Gasteiger partial charge in [-0.25, -0.2) is 0 Å². The number of nitro groups is 2. The molecule has 0 heterocycles. The first-order chi connectivity index (χ1) is 10.5. The molecule has 112 valence electrons. The van der Waals surface area contributed by atoms with Crippen molar-refractivity contribution in [3.8, 4) is 0 Å². The number of halogens is 1. The van der Waals surface area contributed by atoms with Crippen molar-refractivity contribution < 1.29 is 9.85 Å². The molecule has 0 aromatic heterocycles. The largest absolute Gasteiger partial charge is 0.283 e. The molecule has 8 heteroatoms. The molecular formula is C14H9ClN2O4S. The Morgan fingerprint density at radius 3 is 2.32 bits per heavy atom. The van der Waals surface area contributed by atoms with Crippen LogP contribution in [-0.4, -0.2) is 9.85 Å². The molecule has 2 rings (SSSR count). The van der Waals surface area contributed by atoms with E-state index in [9.17, 15) is 20.2 Å². The first kappa shape index (κ1) is 16.0. The van der Waals surface area contributed by atoms with Crippen molar-refractivity contribution in [2.24, 2.45) is 0 Å². The minimum atomic E-state index is -0.623. The Bertz CT molecular complexity index is 747. The van der Waals surface area contributed by atoms with Gasteiger partial charge in [-0.15, -0.1) is 0 Å². The molecule has 0 aliphatic carbocycles. The summed E-state index contributed by atoms with van der Waals surface area (Å²) in [7, 11) is 0. The van der Waals surface area contributed by atoms with E-state index in [1.807, 2.05) is 0 Å². The van der Waals surface area contributed by atoms with E-state index in [-0.39, 0.29) is 5.69 Å². The standard InChI is InChI=1S/C14H9ClN2O4S/c15-11-2-4-12(5-3-11)22-14-6-1-10(7-8-16(18)19)9-13(14)17(20)21/h1-9H. The summed E-state index contributed by atoms with van der Waals surface area (Å²) in [5, 5.41) is 22.0. The third-order valence-electron chi connectivity index (χ3n) is 2.61. The van der Waals surface area contributed by atoms with Gasteiger partial charge in [-0.1, -0.05) is 29.4 Å². The van der Waals surface area contributed by atoms with E-state index < -0.39 is 9.85 Å². The van der Waals surface area contributed by atoms with Crippen LogP contribution in [0.3, 0.4) is 0 Å². The van der Waals surface area contributed by atoms with Crippen molar-refractivity contribution in [2.75, 3.05) is 0 Å². The van der Waals surface area contributed by atoms with Crippen LogP contribution in [0, 0.1) is 20.2 Å². The highest BCUT2D eigenvalue weighted by atomic mass is 35.5. The molecule has 0 bridgehead atoms. The highest BCUT2D eigenvalue weighted by Crippen LogP contribution is 2.35. The molecular weight excluding hydrogens is 328 g/mol.